The number of benzene rings is 1. The van der Waals surface area contributed by atoms with Gasteiger partial charge in [0, 0.05) is 11.4 Å². The molecule has 0 saturated carbocycles. The molecule has 1 aromatic carbocycles. The lowest BCUT2D eigenvalue weighted by Gasteiger charge is -2.17. The molecule has 0 bridgehead atoms. The Kier molecular flexibility index (Phi) is 4.44. The minimum absolute atomic E-state index is 0.00430. The Morgan fingerprint density at radius 1 is 1.36 bits per heavy atom. The molecule has 1 aliphatic carbocycles. The Balaban J connectivity index is 1.61. The zero-order chi connectivity index (χ0) is 17.4. The van der Waals surface area contributed by atoms with Crippen LogP contribution >= 0.6 is 11.3 Å². The summed E-state index contributed by atoms with van der Waals surface area (Å²) in [6.07, 6.45) is 3.24. The fourth-order valence-corrected chi connectivity index (χ4v) is 4.92. The van der Waals surface area contributed by atoms with Gasteiger partial charge in [-0.05, 0) is 43.2 Å². The van der Waals surface area contributed by atoms with Gasteiger partial charge in [0.1, 0.15) is 10.7 Å². The zero-order valence-electron chi connectivity index (χ0n) is 14.6. The van der Waals surface area contributed by atoms with Crippen molar-refractivity contribution >= 4 is 21.6 Å². The van der Waals surface area contributed by atoms with E-state index in [9.17, 15) is 4.79 Å². The molecule has 2 N–H and O–H groups in total. The number of fused-ring (bicyclic) bond motifs is 3. The number of H-pyrrole nitrogens is 1. The Hall–Kier alpha value is -1.98. The van der Waals surface area contributed by atoms with Crippen LogP contribution in [0.2, 0.25) is 0 Å². The second-order valence-corrected chi connectivity index (χ2v) is 8.15. The molecule has 2 heterocycles. The van der Waals surface area contributed by atoms with Crippen molar-refractivity contribution in [2.75, 3.05) is 0 Å². The van der Waals surface area contributed by atoms with Crippen LogP contribution in [0.4, 0.5) is 0 Å². The van der Waals surface area contributed by atoms with Crippen LogP contribution in [-0.2, 0) is 19.4 Å². The van der Waals surface area contributed by atoms with Crippen molar-refractivity contribution in [3.63, 3.8) is 0 Å². The Bertz CT molecular complexity index is 945. The van der Waals surface area contributed by atoms with E-state index in [2.05, 4.69) is 29.4 Å². The smallest absolute Gasteiger partial charge is 0.259 e. The lowest BCUT2D eigenvalue weighted by Crippen LogP contribution is -2.23. The SMILES string of the molecule is C[C@@H]1CCc2c(sc3nc([C@@H](C)NCc4ccccc4)[nH]c(=O)c23)C1. The predicted octanol–water partition coefficient (Wildman–Crippen LogP) is 3.96. The quantitative estimate of drug-likeness (QED) is 0.746. The van der Waals surface area contributed by atoms with Gasteiger partial charge in [-0.1, -0.05) is 37.3 Å². The minimum atomic E-state index is -0.00430. The summed E-state index contributed by atoms with van der Waals surface area (Å²) in [4.78, 5) is 22.7. The number of aromatic amines is 1. The van der Waals surface area contributed by atoms with Crippen molar-refractivity contribution in [1.29, 1.82) is 0 Å². The lowest BCUT2D eigenvalue weighted by atomic mass is 9.89. The first kappa shape index (κ1) is 16.5. The van der Waals surface area contributed by atoms with Crippen LogP contribution in [0.1, 0.15) is 48.1 Å². The second-order valence-electron chi connectivity index (χ2n) is 7.07. The number of nitrogens with zero attached hydrogens (tertiary/aromatic N) is 1. The molecule has 0 fully saturated rings. The topological polar surface area (TPSA) is 57.8 Å². The van der Waals surface area contributed by atoms with Gasteiger partial charge in [0.05, 0.1) is 11.4 Å². The zero-order valence-corrected chi connectivity index (χ0v) is 15.5. The average Bonchev–Trinajstić information content (AvgIpc) is 2.98. The van der Waals surface area contributed by atoms with Crippen LogP contribution in [0.3, 0.4) is 0 Å². The van der Waals surface area contributed by atoms with Gasteiger partial charge in [-0.15, -0.1) is 11.3 Å². The third-order valence-corrected chi connectivity index (χ3v) is 6.20. The Morgan fingerprint density at radius 2 is 2.16 bits per heavy atom. The van der Waals surface area contributed by atoms with E-state index in [1.54, 1.807) is 11.3 Å². The fourth-order valence-electron chi connectivity index (χ4n) is 3.53. The van der Waals surface area contributed by atoms with E-state index >= 15 is 0 Å². The molecule has 0 saturated heterocycles. The largest absolute Gasteiger partial charge is 0.309 e. The van der Waals surface area contributed by atoms with Gasteiger partial charge in [0.15, 0.2) is 0 Å². The molecule has 2 atom stereocenters. The summed E-state index contributed by atoms with van der Waals surface area (Å²) in [5.74, 6) is 1.42. The molecule has 4 nitrogen and oxygen atoms in total. The fraction of sp³-hybridized carbons (Fsp3) is 0.400. The molecular weight excluding hydrogens is 330 g/mol. The first-order chi connectivity index (χ1) is 12.1. The molecule has 4 rings (SSSR count). The van der Waals surface area contributed by atoms with Gasteiger partial charge in [-0.3, -0.25) is 4.79 Å². The van der Waals surface area contributed by atoms with Crippen LogP contribution < -0.4 is 10.9 Å². The highest BCUT2D eigenvalue weighted by Crippen LogP contribution is 2.35. The average molecular weight is 353 g/mol. The van der Waals surface area contributed by atoms with Gasteiger partial charge in [-0.2, -0.15) is 0 Å². The Morgan fingerprint density at radius 3 is 2.96 bits per heavy atom. The number of hydrogen-bond donors (Lipinski definition) is 2. The van der Waals surface area contributed by atoms with Crippen molar-refractivity contribution in [3.8, 4) is 0 Å². The monoisotopic (exact) mass is 353 g/mol. The van der Waals surface area contributed by atoms with E-state index in [0.717, 1.165) is 41.8 Å². The first-order valence-corrected chi connectivity index (χ1v) is 9.75. The summed E-state index contributed by atoms with van der Waals surface area (Å²) < 4.78 is 0. The maximum absolute atomic E-state index is 12.7. The molecule has 2 aromatic heterocycles. The van der Waals surface area contributed by atoms with E-state index in [1.165, 1.54) is 16.0 Å². The normalized spacial score (nSPS) is 18.2. The van der Waals surface area contributed by atoms with Gasteiger partial charge >= 0.3 is 0 Å². The summed E-state index contributed by atoms with van der Waals surface area (Å²) in [7, 11) is 0. The highest BCUT2D eigenvalue weighted by molar-refractivity contribution is 7.18. The van der Waals surface area contributed by atoms with Gasteiger partial charge in [0.2, 0.25) is 0 Å². The van der Waals surface area contributed by atoms with Crippen molar-refractivity contribution in [2.24, 2.45) is 5.92 Å². The van der Waals surface area contributed by atoms with Crippen LogP contribution in [0, 0.1) is 5.92 Å². The third kappa shape index (κ3) is 3.26. The molecular formula is C20H23N3OS. The molecule has 5 heteroatoms. The summed E-state index contributed by atoms with van der Waals surface area (Å²) in [6, 6.07) is 10.3. The number of thiophene rings is 1. The van der Waals surface area contributed by atoms with Crippen molar-refractivity contribution < 1.29 is 0 Å². The van der Waals surface area contributed by atoms with E-state index in [1.807, 2.05) is 25.1 Å². The van der Waals surface area contributed by atoms with Crippen molar-refractivity contribution in [1.82, 2.24) is 15.3 Å². The van der Waals surface area contributed by atoms with Gasteiger partial charge in [0.25, 0.3) is 5.56 Å². The molecule has 0 aliphatic heterocycles. The van der Waals surface area contributed by atoms with Gasteiger partial charge < -0.3 is 10.3 Å². The van der Waals surface area contributed by atoms with E-state index < -0.39 is 0 Å². The maximum atomic E-state index is 12.7. The van der Waals surface area contributed by atoms with Crippen molar-refractivity contribution in [3.05, 3.63) is 62.5 Å². The summed E-state index contributed by atoms with van der Waals surface area (Å²) in [5.41, 5.74) is 2.47. The highest BCUT2D eigenvalue weighted by atomic mass is 32.1. The summed E-state index contributed by atoms with van der Waals surface area (Å²) >= 11 is 1.70. The standard InChI is InChI=1S/C20H23N3OS/c1-12-8-9-15-16(10-12)25-20-17(15)19(24)22-18(23-20)13(2)21-11-14-6-4-3-5-7-14/h3-7,12-13,21H,8-11H2,1-2H3,(H,22,23,24)/t12-,13-/m1/s1. The third-order valence-electron chi connectivity index (χ3n) is 5.05. The summed E-state index contributed by atoms with van der Waals surface area (Å²) in [5, 5.41) is 4.27. The molecule has 0 amide bonds. The van der Waals surface area contributed by atoms with Gasteiger partial charge in [-0.25, -0.2) is 4.98 Å². The van der Waals surface area contributed by atoms with E-state index in [4.69, 9.17) is 4.98 Å². The molecule has 0 radical (unpaired) electrons. The number of aromatic nitrogens is 2. The lowest BCUT2D eigenvalue weighted by molar-refractivity contribution is 0.509. The maximum Gasteiger partial charge on any atom is 0.259 e. The number of rotatable bonds is 4. The van der Waals surface area contributed by atoms with Crippen LogP contribution in [0.25, 0.3) is 10.2 Å². The van der Waals surface area contributed by atoms with Crippen LogP contribution in [-0.4, -0.2) is 9.97 Å². The number of nitrogens with one attached hydrogen (secondary N) is 2. The minimum Gasteiger partial charge on any atom is -0.309 e. The Labute approximate surface area is 151 Å². The van der Waals surface area contributed by atoms with E-state index in [0.29, 0.717) is 5.92 Å². The highest BCUT2D eigenvalue weighted by Gasteiger charge is 2.23. The number of hydrogen-bond acceptors (Lipinski definition) is 4. The second kappa shape index (κ2) is 6.73. The first-order valence-electron chi connectivity index (χ1n) is 8.93. The molecule has 0 spiro atoms. The molecule has 0 unspecified atom stereocenters. The van der Waals surface area contributed by atoms with E-state index in [-0.39, 0.29) is 11.6 Å². The van der Waals surface area contributed by atoms with Crippen LogP contribution in [0.5, 0.6) is 0 Å². The number of aryl methyl sites for hydroxylation is 1. The van der Waals surface area contributed by atoms with Crippen molar-refractivity contribution in [2.45, 2.75) is 45.7 Å². The molecule has 130 valence electrons. The molecule has 25 heavy (non-hydrogen) atoms. The predicted molar refractivity (Wildman–Crippen MR) is 103 cm³/mol. The van der Waals surface area contributed by atoms with Crippen LogP contribution in [0.15, 0.2) is 35.1 Å². The molecule has 3 aromatic rings. The molecule has 1 aliphatic rings. The summed E-state index contributed by atoms with van der Waals surface area (Å²) in [6.45, 7) is 5.08.